The SMILES string of the molecule is Brc1ccccc1.C=Cc1ccc(N(c2ccccc2)c2ccc(C=C)cc2)cc1.COc1ccc(N(c2ccccc2)c2ccc(C=O)cc2)cc1.CP(c1ccccc1)c1ccccc1. The zero-order valence-corrected chi connectivity index (χ0v) is 40.3. The largest absolute Gasteiger partial charge is 0.497 e. The lowest BCUT2D eigenvalue weighted by Gasteiger charge is -2.25. The van der Waals surface area contributed by atoms with Gasteiger partial charge in [-0.2, -0.15) is 0 Å². The number of halogens is 1. The van der Waals surface area contributed by atoms with Crippen LogP contribution in [0.1, 0.15) is 21.5 Å². The lowest BCUT2D eigenvalue weighted by molar-refractivity contribution is 0.112. The topological polar surface area (TPSA) is 32.8 Å². The van der Waals surface area contributed by atoms with Crippen LogP contribution in [0.2, 0.25) is 0 Å². The van der Waals surface area contributed by atoms with Gasteiger partial charge in [0.05, 0.1) is 7.11 Å². The summed E-state index contributed by atoms with van der Waals surface area (Å²) in [5.74, 6) is 0.818. The normalized spacial score (nSPS) is 10.0. The molecule has 0 unspecified atom stereocenters. The van der Waals surface area contributed by atoms with E-state index in [0.29, 0.717) is 5.56 Å². The van der Waals surface area contributed by atoms with Gasteiger partial charge in [-0.15, -0.1) is 0 Å². The van der Waals surface area contributed by atoms with Crippen LogP contribution in [0.25, 0.3) is 12.2 Å². The fourth-order valence-electron chi connectivity index (χ4n) is 6.87. The van der Waals surface area contributed by atoms with Crippen molar-refractivity contribution in [3.05, 3.63) is 283 Å². The molecule has 0 N–H and O–H groups in total. The summed E-state index contributed by atoms with van der Waals surface area (Å²) in [5.41, 5.74) is 9.33. The van der Waals surface area contributed by atoms with Crippen LogP contribution in [-0.2, 0) is 0 Å². The van der Waals surface area contributed by atoms with Gasteiger partial charge in [-0.1, -0.05) is 181 Å². The van der Waals surface area contributed by atoms with Crippen molar-refractivity contribution in [2.45, 2.75) is 0 Å². The maximum atomic E-state index is 10.9. The zero-order valence-electron chi connectivity index (χ0n) is 37.9. The van der Waals surface area contributed by atoms with Crippen LogP contribution < -0.4 is 25.1 Å². The van der Waals surface area contributed by atoms with Gasteiger partial charge in [0.15, 0.2) is 0 Å². The molecule has 67 heavy (non-hydrogen) atoms. The van der Waals surface area contributed by atoms with E-state index in [9.17, 15) is 4.79 Å². The van der Waals surface area contributed by atoms with Crippen molar-refractivity contribution in [2.24, 2.45) is 0 Å². The molecule has 4 nitrogen and oxygen atoms in total. The summed E-state index contributed by atoms with van der Waals surface area (Å²) >= 11 is 3.31. The molecule has 0 spiro atoms. The molecule has 0 bridgehead atoms. The van der Waals surface area contributed by atoms with E-state index >= 15 is 0 Å². The Morgan fingerprint density at radius 1 is 0.403 bits per heavy atom. The lowest BCUT2D eigenvalue weighted by atomic mass is 10.1. The molecule has 332 valence electrons. The quantitative estimate of drug-likeness (QED) is 0.0902. The number of anilines is 6. The van der Waals surface area contributed by atoms with Crippen LogP contribution in [-0.4, -0.2) is 20.1 Å². The van der Waals surface area contributed by atoms with Gasteiger partial charge in [0.1, 0.15) is 12.0 Å². The number of para-hydroxylation sites is 2. The van der Waals surface area contributed by atoms with Crippen LogP contribution in [0, 0.1) is 0 Å². The van der Waals surface area contributed by atoms with E-state index in [1.54, 1.807) is 7.11 Å². The molecule has 0 heterocycles. The third-order valence-electron chi connectivity index (χ3n) is 10.4. The van der Waals surface area contributed by atoms with E-state index in [0.717, 1.165) is 61.8 Å². The predicted molar refractivity (Wildman–Crippen MR) is 294 cm³/mol. The molecule has 0 atom stereocenters. The lowest BCUT2D eigenvalue weighted by Crippen LogP contribution is -2.09. The van der Waals surface area contributed by atoms with Gasteiger partial charge < -0.3 is 14.5 Å². The van der Waals surface area contributed by atoms with Gasteiger partial charge >= 0.3 is 0 Å². The highest BCUT2D eigenvalue weighted by Crippen LogP contribution is 2.36. The number of ether oxygens (including phenoxy) is 1. The first-order valence-corrected chi connectivity index (χ1v) is 24.4. The minimum atomic E-state index is -0.171. The summed E-state index contributed by atoms with van der Waals surface area (Å²) in [4.78, 5) is 15.2. The first-order chi connectivity index (χ1) is 32.9. The van der Waals surface area contributed by atoms with Crippen molar-refractivity contribution in [2.75, 3.05) is 23.6 Å². The Balaban J connectivity index is 0.000000158. The second-order valence-electron chi connectivity index (χ2n) is 14.9. The molecule has 0 aliphatic carbocycles. The fourth-order valence-corrected chi connectivity index (χ4v) is 8.71. The number of rotatable bonds is 12. The Bertz CT molecular complexity index is 2720. The number of carbonyl (C=O) groups is 1. The van der Waals surface area contributed by atoms with Crippen molar-refractivity contribution in [3.8, 4) is 5.75 Å². The van der Waals surface area contributed by atoms with E-state index in [-0.39, 0.29) is 7.92 Å². The van der Waals surface area contributed by atoms with Crippen LogP contribution in [0.3, 0.4) is 0 Å². The third-order valence-corrected chi connectivity index (χ3v) is 13.1. The second-order valence-corrected chi connectivity index (χ2v) is 17.9. The van der Waals surface area contributed by atoms with Crippen molar-refractivity contribution in [1.29, 1.82) is 0 Å². The molecule has 0 fully saturated rings. The predicted octanol–water partition coefficient (Wildman–Crippen LogP) is 16.6. The number of methoxy groups -OCH3 is 1. The van der Waals surface area contributed by atoms with Gasteiger partial charge in [-0.05, 0) is 146 Å². The zero-order chi connectivity index (χ0) is 47.1. The van der Waals surface area contributed by atoms with Crippen LogP contribution in [0.5, 0.6) is 5.75 Å². The Morgan fingerprint density at radius 3 is 0.970 bits per heavy atom. The van der Waals surface area contributed by atoms with E-state index in [1.165, 1.54) is 10.6 Å². The molecule has 9 aromatic rings. The highest BCUT2D eigenvalue weighted by molar-refractivity contribution is 9.10. The third kappa shape index (κ3) is 14.7. The number of carbonyl (C=O) groups excluding carboxylic acids is 1. The smallest absolute Gasteiger partial charge is 0.150 e. The van der Waals surface area contributed by atoms with Crippen molar-refractivity contribution < 1.29 is 9.53 Å². The summed E-state index contributed by atoms with van der Waals surface area (Å²) in [6, 6.07) is 84.1. The van der Waals surface area contributed by atoms with Crippen LogP contribution in [0.15, 0.2) is 266 Å². The van der Waals surface area contributed by atoms with E-state index in [2.05, 4.69) is 191 Å². The first-order valence-electron chi connectivity index (χ1n) is 21.8. The minimum absolute atomic E-state index is 0.171. The molecule has 9 aromatic carbocycles. The van der Waals surface area contributed by atoms with E-state index in [1.807, 2.05) is 115 Å². The molecule has 0 saturated carbocycles. The van der Waals surface area contributed by atoms with E-state index in [4.69, 9.17) is 4.74 Å². The Kier molecular flexibility index (Phi) is 19.3. The summed E-state index contributed by atoms with van der Waals surface area (Å²) < 4.78 is 6.37. The van der Waals surface area contributed by atoms with E-state index < -0.39 is 0 Å². The van der Waals surface area contributed by atoms with Gasteiger partial charge in [-0.25, -0.2) is 0 Å². The Labute approximate surface area is 406 Å². The second kappa shape index (κ2) is 26.4. The molecule has 0 aromatic heterocycles. The molecule has 0 saturated heterocycles. The minimum Gasteiger partial charge on any atom is -0.497 e. The molecule has 6 heteroatoms. The van der Waals surface area contributed by atoms with Crippen LogP contribution in [0.4, 0.5) is 34.1 Å². The molecular formula is C61H54BrN2O2P. The number of aldehydes is 1. The molecule has 0 radical (unpaired) electrons. The molecule has 0 aliphatic heterocycles. The van der Waals surface area contributed by atoms with Crippen LogP contribution >= 0.6 is 23.9 Å². The monoisotopic (exact) mass is 956 g/mol. The van der Waals surface area contributed by atoms with Crippen molar-refractivity contribution in [1.82, 2.24) is 0 Å². The molecular weight excluding hydrogens is 904 g/mol. The molecule has 0 amide bonds. The van der Waals surface area contributed by atoms with Gasteiger partial charge in [0, 0.05) is 44.2 Å². The fraction of sp³-hybridized carbons (Fsp3) is 0.0328. The number of nitrogens with zero attached hydrogens (tertiary/aromatic N) is 2. The van der Waals surface area contributed by atoms with Gasteiger partial charge in [0.25, 0.3) is 0 Å². The summed E-state index contributed by atoms with van der Waals surface area (Å²) in [6.45, 7) is 9.94. The number of hydrogen-bond donors (Lipinski definition) is 0. The Morgan fingerprint density at radius 2 is 0.687 bits per heavy atom. The number of benzene rings is 9. The van der Waals surface area contributed by atoms with Crippen molar-refractivity contribution in [3.63, 3.8) is 0 Å². The average Bonchev–Trinajstić information content (AvgIpc) is 3.41. The summed E-state index contributed by atoms with van der Waals surface area (Å²) in [7, 11) is 1.48. The highest BCUT2D eigenvalue weighted by Gasteiger charge is 2.13. The Hall–Kier alpha value is -7.56. The number of hydrogen-bond acceptors (Lipinski definition) is 4. The summed E-state index contributed by atoms with van der Waals surface area (Å²) in [5, 5.41) is 2.88. The average molecular weight is 958 g/mol. The van der Waals surface area contributed by atoms with Gasteiger partial charge in [0.2, 0.25) is 0 Å². The standard InChI is InChI=1S/C22H19N.C20H17NO2.C13H13P.C6H5Br/c1-3-18-10-14-21(15-11-18)23(20-8-6-5-7-9-20)22-16-12-19(4-2)13-17-22;1-23-20-13-11-19(12-14-20)21(17-5-3-2-4-6-17)18-9-7-16(15-22)8-10-18;1-14(12-8-4-2-5-9-12)13-10-6-3-7-11-13;7-6-4-2-1-3-5-6/h3-17H,1-2H2;2-15H,1H3;2-11H,1H3;1-5H. The highest BCUT2D eigenvalue weighted by atomic mass is 79.9. The maximum absolute atomic E-state index is 10.9. The van der Waals surface area contributed by atoms with Gasteiger partial charge in [-0.3, -0.25) is 4.79 Å². The summed E-state index contributed by atoms with van der Waals surface area (Å²) in [6.07, 6.45) is 4.56. The molecule has 9 rings (SSSR count). The molecule has 0 aliphatic rings. The first kappa shape index (κ1) is 48.9. The maximum Gasteiger partial charge on any atom is 0.150 e. The van der Waals surface area contributed by atoms with Crippen molar-refractivity contribution >= 4 is 87.0 Å².